The summed E-state index contributed by atoms with van der Waals surface area (Å²) in [6.45, 7) is 2.43. The van der Waals surface area contributed by atoms with Crippen LogP contribution in [0, 0.1) is 6.92 Å². The van der Waals surface area contributed by atoms with Gasteiger partial charge in [0.2, 0.25) is 0 Å². The van der Waals surface area contributed by atoms with Crippen LogP contribution in [0.4, 0.5) is 0 Å². The lowest BCUT2D eigenvalue weighted by Crippen LogP contribution is -2.44. The van der Waals surface area contributed by atoms with Crippen molar-refractivity contribution in [2.24, 2.45) is 0 Å². The molecule has 0 bridgehead atoms. The first-order valence-corrected chi connectivity index (χ1v) is 8.30. The van der Waals surface area contributed by atoms with Gasteiger partial charge in [0, 0.05) is 0 Å². The van der Waals surface area contributed by atoms with E-state index in [9.17, 15) is 9.59 Å². The molecular weight excluding hydrogens is 330 g/mol. The summed E-state index contributed by atoms with van der Waals surface area (Å²) in [6, 6.07) is 10.6. The maximum absolute atomic E-state index is 12.4. The highest BCUT2D eigenvalue weighted by Gasteiger charge is 2.32. The fourth-order valence-electron chi connectivity index (χ4n) is 2.51. The lowest BCUT2D eigenvalue weighted by Gasteiger charge is -2.20. The lowest BCUT2D eigenvalue weighted by molar-refractivity contribution is 0.0701. The molecule has 2 aromatic rings. The molecule has 7 heteroatoms. The fraction of sp³-hybridized carbons (Fsp3) is 0.294. The zero-order valence-electron chi connectivity index (χ0n) is 13.0. The predicted octanol–water partition coefficient (Wildman–Crippen LogP) is 2.33. The standard InChI is InChI=1S/C17H17NO5S/c1-10-7-14(24-15(10)17(20)21)16(19)18-12-8-22-9-13(12)23-11-5-3-2-4-6-11/h2-7,12-13H,8-9H2,1H3,(H,18,19)(H,20,21)/t12-,13+/m1/s1. The molecule has 1 amide bonds. The van der Waals surface area contributed by atoms with Crippen molar-refractivity contribution in [2.45, 2.75) is 19.1 Å². The number of ether oxygens (including phenoxy) is 2. The summed E-state index contributed by atoms with van der Waals surface area (Å²) in [5.41, 5.74) is 0.581. The first-order valence-electron chi connectivity index (χ1n) is 7.48. The Bertz CT molecular complexity index is 743. The number of benzene rings is 1. The normalized spacial score (nSPS) is 19.9. The van der Waals surface area contributed by atoms with E-state index in [-0.39, 0.29) is 22.9 Å². The zero-order chi connectivity index (χ0) is 17.1. The van der Waals surface area contributed by atoms with Gasteiger partial charge in [0.15, 0.2) is 0 Å². The summed E-state index contributed by atoms with van der Waals surface area (Å²) < 4.78 is 11.3. The second-order valence-electron chi connectivity index (χ2n) is 5.51. The third-order valence-corrected chi connectivity index (χ3v) is 4.94. The Morgan fingerprint density at radius 2 is 2.04 bits per heavy atom. The summed E-state index contributed by atoms with van der Waals surface area (Å²) in [5, 5.41) is 12.0. The highest BCUT2D eigenvalue weighted by Crippen LogP contribution is 2.23. The van der Waals surface area contributed by atoms with Crippen LogP contribution < -0.4 is 10.1 Å². The Kier molecular flexibility index (Phi) is 4.82. The molecule has 6 nitrogen and oxygen atoms in total. The molecule has 1 fully saturated rings. The van der Waals surface area contributed by atoms with Gasteiger partial charge in [-0.05, 0) is 30.7 Å². The van der Waals surface area contributed by atoms with Gasteiger partial charge in [-0.2, -0.15) is 0 Å². The van der Waals surface area contributed by atoms with Gasteiger partial charge in [-0.15, -0.1) is 11.3 Å². The van der Waals surface area contributed by atoms with E-state index in [0.717, 1.165) is 11.3 Å². The third-order valence-electron chi connectivity index (χ3n) is 3.71. The predicted molar refractivity (Wildman–Crippen MR) is 88.9 cm³/mol. The number of nitrogens with one attached hydrogen (secondary N) is 1. The van der Waals surface area contributed by atoms with Crippen LogP contribution in [0.15, 0.2) is 36.4 Å². The van der Waals surface area contributed by atoms with Gasteiger partial charge in [0.05, 0.1) is 24.1 Å². The van der Waals surface area contributed by atoms with E-state index in [1.165, 1.54) is 0 Å². The van der Waals surface area contributed by atoms with E-state index >= 15 is 0 Å². The Labute approximate surface area is 143 Å². The van der Waals surface area contributed by atoms with Gasteiger partial charge in [0.1, 0.15) is 16.7 Å². The van der Waals surface area contributed by atoms with Crippen LogP contribution >= 0.6 is 11.3 Å². The Morgan fingerprint density at radius 1 is 1.29 bits per heavy atom. The number of amides is 1. The summed E-state index contributed by atoms with van der Waals surface area (Å²) in [6.07, 6.45) is -0.281. The van der Waals surface area contributed by atoms with Crippen LogP contribution in [0.5, 0.6) is 5.75 Å². The molecular formula is C17H17NO5S. The van der Waals surface area contributed by atoms with E-state index in [2.05, 4.69) is 5.32 Å². The van der Waals surface area contributed by atoms with E-state index in [0.29, 0.717) is 29.4 Å². The molecule has 2 atom stereocenters. The van der Waals surface area contributed by atoms with Gasteiger partial charge in [-0.1, -0.05) is 18.2 Å². The fourth-order valence-corrected chi connectivity index (χ4v) is 3.42. The minimum atomic E-state index is -1.02. The molecule has 1 aliphatic rings. The Morgan fingerprint density at radius 3 is 2.71 bits per heavy atom. The molecule has 24 heavy (non-hydrogen) atoms. The maximum Gasteiger partial charge on any atom is 0.346 e. The number of carbonyl (C=O) groups excluding carboxylic acids is 1. The van der Waals surface area contributed by atoms with Crippen molar-refractivity contribution >= 4 is 23.2 Å². The molecule has 0 spiro atoms. The number of rotatable bonds is 5. The average molecular weight is 347 g/mol. The van der Waals surface area contributed by atoms with Crippen molar-refractivity contribution in [3.63, 3.8) is 0 Å². The number of hydrogen-bond donors (Lipinski definition) is 2. The number of carboxylic acid groups (broad SMARTS) is 1. The van der Waals surface area contributed by atoms with Gasteiger partial charge in [0.25, 0.3) is 5.91 Å². The summed E-state index contributed by atoms with van der Waals surface area (Å²) in [7, 11) is 0. The van der Waals surface area contributed by atoms with Crippen LogP contribution in [0.25, 0.3) is 0 Å². The molecule has 126 valence electrons. The molecule has 0 aliphatic carbocycles. The number of aromatic carboxylic acids is 1. The quantitative estimate of drug-likeness (QED) is 0.867. The number of carboxylic acids is 1. The van der Waals surface area contributed by atoms with Crippen molar-refractivity contribution < 1.29 is 24.2 Å². The second kappa shape index (κ2) is 7.02. The van der Waals surface area contributed by atoms with Crippen molar-refractivity contribution in [2.75, 3.05) is 13.2 Å². The molecule has 0 saturated carbocycles. The van der Waals surface area contributed by atoms with E-state index in [1.54, 1.807) is 13.0 Å². The highest BCUT2D eigenvalue weighted by atomic mass is 32.1. The van der Waals surface area contributed by atoms with Crippen LogP contribution in [0.2, 0.25) is 0 Å². The van der Waals surface area contributed by atoms with Crippen molar-refractivity contribution in [1.82, 2.24) is 5.32 Å². The molecule has 1 saturated heterocycles. The highest BCUT2D eigenvalue weighted by molar-refractivity contribution is 7.16. The van der Waals surface area contributed by atoms with E-state index in [4.69, 9.17) is 14.6 Å². The minimum Gasteiger partial charge on any atom is -0.486 e. The first-order chi connectivity index (χ1) is 11.5. The monoisotopic (exact) mass is 347 g/mol. The molecule has 0 unspecified atom stereocenters. The van der Waals surface area contributed by atoms with Crippen LogP contribution in [0.1, 0.15) is 24.9 Å². The number of carbonyl (C=O) groups is 2. The Balaban J connectivity index is 1.67. The Hall–Kier alpha value is -2.38. The SMILES string of the molecule is Cc1cc(C(=O)N[C@@H]2COC[C@@H]2Oc2ccccc2)sc1C(=O)O. The van der Waals surface area contributed by atoms with E-state index < -0.39 is 5.97 Å². The average Bonchev–Trinajstić information content (AvgIpc) is 3.15. The first kappa shape index (κ1) is 16.5. The second-order valence-corrected chi connectivity index (χ2v) is 6.57. The largest absolute Gasteiger partial charge is 0.486 e. The molecule has 0 radical (unpaired) electrons. The third kappa shape index (κ3) is 3.58. The summed E-state index contributed by atoms with van der Waals surface area (Å²) in [5.74, 6) is -0.619. The topological polar surface area (TPSA) is 84.9 Å². The number of para-hydroxylation sites is 1. The van der Waals surface area contributed by atoms with Crippen molar-refractivity contribution in [3.05, 3.63) is 51.7 Å². The number of hydrogen-bond acceptors (Lipinski definition) is 5. The van der Waals surface area contributed by atoms with Gasteiger partial charge in [-0.25, -0.2) is 4.79 Å². The summed E-state index contributed by atoms with van der Waals surface area (Å²) in [4.78, 5) is 24.0. The smallest absolute Gasteiger partial charge is 0.346 e. The summed E-state index contributed by atoms with van der Waals surface area (Å²) >= 11 is 0.971. The zero-order valence-corrected chi connectivity index (χ0v) is 13.8. The van der Waals surface area contributed by atoms with Crippen molar-refractivity contribution in [1.29, 1.82) is 0 Å². The molecule has 3 rings (SSSR count). The molecule has 1 aliphatic heterocycles. The van der Waals surface area contributed by atoms with Gasteiger partial charge < -0.3 is 19.9 Å². The van der Waals surface area contributed by atoms with Crippen LogP contribution in [0.3, 0.4) is 0 Å². The van der Waals surface area contributed by atoms with E-state index in [1.807, 2.05) is 30.3 Å². The van der Waals surface area contributed by atoms with Crippen LogP contribution in [-0.4, -0.2) is 42.3 Å². The van der Waals surface area contributed by atoms with Gasteiger partial charge >= 0.3 is 5.97 Å². The van der Waals surface area contributed by atoms with Crippen molar-refractivity contribution in [3.8, 4) is 5.75 Å². The maximum atomic E-state index is 12.4. The molecule has 2 heterocycles. The minimum absolute atomic E-state index is 0.180. The molecule has 2 N–H and O–H groups in total. The number of aryl methyl sites for hydroxylation is 1. The molecule has 1 aromatic heterocycles. The lowest BCUT2D eigenvalue weighted by atomic mass is 10.2. The molecule has 1 aromatic carbocycles. The van der Waals surface area contributed by atoms with Crippen LogP contribution in [-0.2, 0) is 4.74 Å². The number of thiophene rings is 1. The van der Waals surface area contributed by atoms with Gasteiger partial charge in [-0.3, -0.25) is 4.79 Å².